The van der Waals surface area contributed by atoms with Gasteiger partial charge in [0.05, 0.1) is 29.1 Å². The summed E-state index contributed by atoms with van der Waals surface area (Å²) < 4.78 is 34.6. The van der Waals surface area contributed by atoms with E-state index in [0.29, 0.717) is 37.1 Å². The Morgan fingerprint density at radius 1 is 1.28 bits per heavy atom. The number of thioether (sulfide) groups is 1. The third-order valence-corrected chi connectivity index (χ3v) is 7.45. The number of aryl methyl sites for hydroxylation is 1. The molecule has 2 aromatic rings. The van der Waals surface area contributed by atoms with E-state index in [1.165, 1.54) is 4.31 Å². The van der Waals surface area contributed by atoms with Gasteiger partial charge in [-0.2, -0.15) is 4.31 Å². The molecule has 1 aromatic heterocycles. The summed E-state index contributed by atoms with van der Waals surface area (Å²) in [7, 11) is -3.49. The van der Waals surface area contributed by atoms with E-state index in [2.05, 4.69) is 25.3 Å². The first-order chi connectivity index (χ1) is 11.9. The van der Waals surface area contributed by atoms with Crippen molar-refractivity contribution in [3.05, 3.63) is 18.2 Å². The smallest absolute Gasteiger partial charge is 0.243 e. The van der Waals surface area contributed by atoms with Crippen LogP contribution in [0.5, 0.6) is 0 Å². The lowest BCUT2D eigenvalue weighted by atomic mass is 10.3. The summed E-state index contributed by atoms with van der Waals surface area (Å²) in [4.78, 5) is 5.00. The lowest BCUT2D eigenvalue weighted by Gasteiger charge is -2.26. The lowest BCUT2D eigenvalue weighted by molar-refractivity contribution is 0.0730. The Kier molecular flexibility index (Phi) is 5.72. The number of benzene rings is 1. The molecule has 8 heteroatoms. The Morgan fingerprint density at radius 3 is 2.64 bits per heavy atom. The largest absolute Gasteiger partial charge is 0.379 e. The summed E-state index contributed by atoms with van der Waals surface area (Å²) in [5.74, 6) is 1.56. The highest BCUT2D eigenvalue weighted by atomic mass is 32.2. The van der Waals surface area contributed by atoms with Crippen LogP contribution in [0.2, 0.25) is 0 Å². The van der Waals surface area contributed by atoms with Crippen LogP contribution >= 0.6 is 11.8 Å². The van der Waals surface area contributed by atoms with Gasteiger partial charge in [-0.25, -0.2) is 13.4 Å². The van der Waals surface area contributed by atoms with Crippen LogP contribution in [-0.4, -0.2) is 54.3 Å². The zero-order valence-electron chi connectivity index (χ0n) is 14.9. The third kappa shape index (κ3) is 3.86. The summed E-state index contributed by atoms with van der Waals surface area (Å²) in [5, 5.41) is 0.951. The topological polar surface area (TPSA) is 64.4 Å². The predicted octanol–water partition coefficient (Wildman–Crippen LogP) is 2.83. The Hall–Kier alpha value is -1.09. The quantitative estimate of drug-likeness (QED) is 0.718. The molecule has 0 unspecified atom stereocenters. The zero-order valence-corrected chi connectivity index (χ0v) is 16.6. The van der Waals surface area contributed by atoms with Gasteiger partial charge in [0.1, 0.15) is 0 Å². The van der Waals surface area contributed by atoms with E-state index in [1.54, 1.807) is 23.9 Å². The normalized spacial score (nSPS) is 16.8. The molecule has 2 heterocycles. The van der Waals surface area contributed by atoms with E-state index >= 15 is 0 Å². The molecular weight excluding hydrogens is 358 g/mol. The molecule has 0 amide bonds. The monoisotopic (exact) mass is 383 g/mol. The van der Waals surface area contributed by atoms with E-state index in [9.17, 15) is 8.42 Å². The van der Waals surface area contributed by atoms with Crippen LogP contribution in [0.15, 0.2) is 28.3 Å². The van der Waals surface area contributed by atoms with Crippen molar-refractivity contribution < 1.29 is 13.2 Å². The average Bonchev–Trinajstić information content (AvgIpc) is 2.97. The van der Waals surface area contributed by atoms with Crippen molar-refractivity contribution in [3.8, 4) is 0 Å². The van der Waals surface area contributed by atoms with Crippen LogP contribution in [0.25, 0.3) is 11.0 Å². The standard InChI is InChI=1S/C17H25N3O3S2/c1-4-20-16-6-5-14(25(21,22)19-7-9-23-10-8-19)11-15(16)18-17(20)24-12-13(2)3/h5-6,11,13H,4,7-10,12H2,1-3H3. The Bertz CT molecular complexity index is 840. The molecule has 1 fully saturated rings. The van der Waals surface area contributed by atoms with Gasteiger partial charge in [0, 0.05) is 25.4 Å². The Morgan fingerprint density at radius 2 is 2.00 bits per heavy atom. The molecule has 0 spiro atoms. The highest BCUT2D eigenvalue weighted by Gasteiger charge is 2.27. The number of rotatable bonds is 6. The minimum absolute atomic E-state index is 0.308. The molecule has 0 radical (unpaired) electrons. The lowest BCUT2D eigenvalue weighted by Crippen LogP contribution is -2.40. The minimum atomic E-state index is -3.49. The fourth-order valence-corrected chi connectivity index (χ4v) is 5.30. The minimum Gasteiger partial charge on any atom is -0.379 e. The van der Waals surface area contributed by atoms with Gasteiger partial charge in [0.15, 0.2) is 5.16 Å². The van der Waals surface area contributed by atoms with Gasteiger partial charge >= 0.3 is 0 Å². The Labute approximate surface area is 153 Å². The number of morpholine rings is 1. The number of aromatic nitrogens is 2. The van der Waals surface area contributed by atoms with Crippen molar-refractivity contribution in [1.29, 1.82) is 0 Å². The molecule has 1 aliphatic heterocycles. The SMILES string of the molecule is CCn1c(SCC(C)C)nc2cc(S(=O)(=O)N3CCOCC3)ccc21. The van der Waals surface area contributed by atoms with Crippen LogP contribution in [0.4, 0.5) is 0 Å². The number of sulfonamides is 1. The molecule has 138 valence electrons. The Balaban J connectivity index is 1.96. The molecule has 6 nitrogen and oxygen atoms in total. The van der Waals surface area contributed by atoms with Crippen molar-refractivity contribution in [2.45, 2.75) is 37.4 Å². The van der Waals surface area contributed by atoms with Crippen molar-refractivity contribution in [1.82, 2.24) is 13.9 Å². The molecule has 0 N–H and O–H groups in total. The van der Waals surface area contributed by atoms with Crippen molar-refractivity contribution in [2.24, 2.45) is 5.92 Å². The highest BCUT2D eigenvalue weighted by molar-refractivity contribution is 7.99. The first-order valence-corrected chi connectivity index (χ1v) is 11.1. The van der Waals surface area contributed by atoms with Crippen molar-refractivity contribution in [2.75, 3.05) is 32.1 Å². The first-order valence-electron chi connectivity index (χ1n) is 8.64. The number of hydrogen-bond acceptors (Lipinski definition) is 5. The second-order valence-electron chi connectivity index (χ2n) is 6.51. The number of hydrogen-bond donors (Lipinski definition) is 0. The van der Waals surface area contributed by atoms with E-state index in [4.69, 9.17) is 9.72 Å². The number of fused-ring (bicyclic) bond motifs is 1. The zero-order chi connectivity index (χ0) is 18.0. The molecule has 1 aromatic carbocycles. The summed E-state index contributed by atoms with van der Waals surface area (Å²) in [6.45, 7) is 8.95. The molecule has 0 saturated carbocycles. The number of ether oxygens (including phenoxy) is 1. The van der Waals surface area contributed by atoms with Crippen molar-refractivity contribution >= 4 is 32.8 Å². The summed E-state index contributed by atoms with van der Waals surface area (Å²) in [5.41, 5.74) is 1.72. The van der Waals surface area contributed by atoms with Gasteiger partial charge in [0.25, 0.3) is 0 Å². The fourth-order valence-electron chi connectivity index (χ4n) is 2.84. The molecule has 3 rings (SSSR count). The molecular formula is C17H25N3O3S2. The third-order valence-electron chi connectivity index (χ3n) is 4.15. The second-order valence-corrected chi connectivity index (χ2v) is 9.44. The molecule has 0 bridgehead atoms. The van der Waals surface area contributed by atoms with E-state index < -0.39 is 10.0 Å². The van der Waals surface area contributed by atoms with Gasteiger partial charge < -0.3 is 9.30 Å². The van der Waals surface area contributed by atoms with Crippen LogP contribution < -0.4 is 0 Å². The van der Waals surface area contributed by atoms with E-state index in [-0.39, 0.29) is 0 Å². The van der Waals surface area contributed by atoms with Gasteiger partial charge in [-0.1, -0.05) is 25.6 Å². The summed E-state index contributed by atoms with van der Waals surface area (Å²) >= 11 is 1.72. The number of imidazole rings is 1. The van der Waals surface area contributed by atoms with Gasteiger partial charge in [-0.3, -0.25) is 0 Å². The van der Waals surface area contributed by atoms with Gasteiger partial charge in [0.2, 0.25) is 10.0 Å². The van der Waals surface area contributed by atoms with Gasteiger partial charge in [-0.05, 0) is 31.0 Å². The maximum atomic E-state index is 12.8. The van der Waals surface area contributed by atoms with E-state index in [0.717, 1.165) is 28.5 Å². The molecule has 1 saturated heterocycles. The fraction of sp³-hybridized carbons (Fsp3) is 0.588. The molecule has 25 heavy (non-hydrogen) atoms. The van der Waals surface area contributed by atoms with E-state index in [1.807, 2.05) is 6.07 Å². The average molecular weight is 384 g/mol. The molecule has 1 aliphatic rings. The van der Waals surface area contributed by atoms with Crippen LogP contribution in [-0.2, 0) is 21.3 Å². The maximum absolute atomic E-state index is 12.8. The van der Waals surface area contributed by atoms with Crippen LogP contribution in [0.1, 0.15) is 20.8 Å². The maximum Gasteiger partial charge on any atom is 0.243 e. The highest BCUT2D eigenvalue weighted by Crippen LogP contribution is 2.28. The second kappa shape index (κ2) is 7.65. The number of nitrogens with zero attached hydrogens (tertiary/aromatic N) is 3. The van der Waals surface area contributed by atoms with Crippen molar-refractivity contribution in [3.63, 3.8) is 0 Å². The van der Waals surface area contributed by atoms with Crippen LogP contribution in [0.3, 0.4) is 0 Å². The predicted molar refractivity (Wildman–Crippen MR) is 101 cm³/mol. The first kappa shape index (κ1) is 18.7. The molecule has 0 atom stereocenters. The molecule has 0 aliphatic carbocycles. The summed E-state index contributed by atoms with van der Waals surface area (Å²) in [6, 6.07) is 5.27. The van der Waals surface area contributed by atoms with Crippen LogP contribution in [0, 0.1) is 5.92 Å². The van der Waals surface area contributed by atoms with Gasteiger partial charge in [-0.15, -0.1) is 0 Å². The summed E-state index contributed by atoms with van der Waals surface area (Å²) in [6.07, 6.45) is 0.